The normalized spacial score (nSPS) is 10.9. The van der Waals surface area contributed by atoms with E-state index in [1.165, 1.54) is 0 Å². The van der Waals surface area contributed by atoms with Crippen LogP contribution >= 0.6 is 11.6 Å². The lowest BCUT2D eigenvalue weighted by Gasteiger charge is -2.13. The lowest BCUT2D eigenvalue weighted by molar-refractivity contribution is 0.355. The number of ether oxygens (including phenoxy) is 2. The molecule has 2 rings (SSSR count). The van der Waals surface area contributed by atoms with Gasteiger partial charge in [0, 0.05) is 11.6 Å². The fourth-order valence-corrected chi connectivity index (χ4v) is 2.38. The van der Waals surface area contributed by atoms with Gasteiger partial charge in [-0.2, -0.15) is 0 Å². The van der Waals surface area contributed by atoms with Crippen LogP contribution in [-0.2, 0) is 0 Å². The third kappa shape index (κ3) is 2.29. The van der Waals surface area contributed by atoms with E-state index < -0.39 is 0 Å². The van der Waals surface area contributed by atoms with Gasteiger partial charge in [0.25, 0.3) is 0 Å². The number of imidazole rings is 1. The monoisotopic (exact) mass is 295 g/mol. The summed E-state index contributed by atoms with van der Waals surface area (Å²) in [4.78, 5) is 4.36. The summed E-state index contributed by atoms with van der Waals surface area (Å²) >= 11 is 6.38. The lowest BCUT2D eigenvalue weighted by atomic mass is 10.1. The summed E-state index contributed by atoms with van der Waals surface area (Å²) in [7, 11) is 3.11. The van der Waals surface area contributed by atoms with E-state index in [2.05, 4.69) is 4.98 Å². The number of benzene rings is 1. The molecule has 0 aliphatic rings. The Kier molecular flexibility index (Phi) is 4.09. The molecule has 5 nitrogen and oxygen atoms in total. The Labute approximate surface area is 123 Å². The molecule has 0 aliphatic carbocycles. The van der Waals surface area contributed by atoms with Gasteiger partial charge in [-0.05, 0) is 26.0 Å². The van der Waals surface area contributed by atoms with Crippen LogP contribution in [0.3, 0.4) is 0 Å². The molecule has 0 spiro atoms. The SMILES string of the molecule is COc1ccc(-c2ncn(C(C)C)c2N)c(Cl)c1OC. The smallest absolute Gasteiger partial charge is 0.180 e. The number of nitrogens with two attached hydrogens (primary N) is 1. The number of hydrogen-bond donors (Lipinski definition) is 1. The minimum absolute atomic E-state index is 0.232. The van der Waals surface area contributed by atoms with Gasteiger partial charge in [-0.1, -0.05) is 11.6 Å². The zero-order valence-electron chi connectivity index (χ0n) is 12.0. The van der Waals surface area contributed by atoms with Crippen LogP contribution in [0.25, 0.3) is 11.3 Å². The lowest BCUT2D eigenvalue weighted by Crippen LogP contribution is -2.04. The zero-order chi connectivity index (χ0) is 14.9. The quantitative estimate of drug-likeness (QED) is 0.939. The number of halogens is 1. The first-order valence-electron chi connectivity index (χ1n) is 6.24. The standard InChI is InChI=1S/C14H18ClN3O2/c1-8(2)18-7-17-12(14(18)16)9-5-6-10(19-3)13(20-4)11(9)15/h5-8H,16H2,1-4H3. The third-order valence-corrected chi connectivity index (χ3v) is 3.50. The number of methoxy groups -OCH3 is 2. The van der Waals surface area contributed by atoms with Crippen molar-refractivity contribution in [2.45, 2.75) is 19.9 Å². The number of nitrogen functional groups attached to an aromatic ring is 1. The second-order valence-electron chi connectivity index (χ2n) is 4.64. The van der Waals surface area contributed by atoms with Gasteiger partial charge < -0.3 is 19.8 Å². The van der Waals surface area contributed by atoms with Gasteiger partial charge in [0.2, 0.25) is 0 Å². The van der Waals surface area contributed by atoms with Gasteiger partial charge in [0.15, 0.2) is 11.5 Å². The Morgan fingerprint density at radius 1 is 1.25 bits per heavy atom. The van der Waals surface area contributed by atoms with Gasteiger partial charge in [-0.25, -0.2) is 4.98 Å². The van der Waals surface area contributed by atoms with E-state index in [1.54, 1.807) is 26.6 Å². The van der Waals surface area contributed by atoms with Gasteiger partial charge in [-0.3, -0.25) is 0 Å². The van der Waals surface area contributed by atoms with Crippen LogP contribution in [0.2, 0.25) is 5.02 Å². The summed E-state index contributed by atoms with van der Waals surface area (Å²) in [5, 5.41) is 0.438. The van der Waals surface area contributed by atoms with Crippen molar-refractivity contribution in [3.05, 3.63) is 23.5 Å². The molecule has 0 aliphatic heterocycles. The van der Waals surface area contributed by atoms with Crippen LogP contribution in [0.15, 0.2) is 18.5 Å². The third-order valence-electron chi connectivity index (χ3n) is 3.13. The molecule has 2 aromatic rings. The fourth-order valence-electron chi connectivity index (χ4n) is 2.06. The molecule has 0 saturated carbocycles. The largest absolute Gasteiger partial charge is 0.493 e. The van der Waals surface area contributed by atoms with Crippen molar-refractivity contribution >= 4 is 17.4 Å². The summed E-state index contributed by atoms with van der Waals surface area (Å²) in [6, 6.07) is 3.84. The maximum atomic E-state index is 6.38. The van der Waals surface area contributed by atoms with Crippen molar-refractivity contribution in [3.8, 4) is 22.8 Å². The number of rotatable bonds is 4. The van der Waals surface area contributed by atoms with Crippen molar-refractivity contribution < 1.29 is 9.47 Å². The molecule has 0 radical (unpaired) electrons. The summed E-state index contributed by atoms with van der Waals surface area (Å²) in [5.74, 6) is 1.63. The fraction of sp³-hybridized carbons (Fsp3) is 0.357. The second kappa shape index (κ2) is 5.63. The predicted octanol–water partition coefficient (Wildman–Crippen LogP) is 3.38. The molecule has 1 aromatic carbocycles. The molecule has 2 N–H and O–H groups in total. The highest BCUT2D eigenvalue weighted by Crippen LogP contribution is 2.42. The average molecular weight is 296 g/mol. The minimum atomic E-state index is 0.232. The van der Waals surface area contributed by atoms with Crippen molar-refractivity contribution in [2.75, 3.05) is 20.0 Å². The summed E-state index contributed by atoms with van der Waals surface area (Å²) in [6.45, 7) is 4.08. The first-order chi connectivity index (χ1) is 9.51. The Morgan fingerprint density at radius 3 is 2.45 bits per heavy atom. The minimum Gasteiger partial charge on any atom is -0.493 e. The molecule has 0 amide bonds. The van der Waals surface area contributed by atoms with Gasteiger partial charge in [-0.15, -0.1) is 0 Å². The highest BCUT2D eigenvalue weighted by atomic mass is 35.5. The molecule has 0 atom stereocenters. The summed E-state index contributed by atoms with van der Waals surface area (Å²) in [6.07, 6.45) is 1.71. The Morgan fingerprint density at radius 2 is 1.95 bits per heavy atom. The van der Waals surface area contributed by atoms with E-state index in [9.17, 15) is 0 Å². The highest BCUT2D eigenvalue weighted by molar-refractivity contribution is 6.35. The second-order valence-corrected chi connectivity index (χ2v) is 5.02. The number of aromatic nitrogens is 2. The van der Waals surface area contributed by atoms with Crippen LogP contribution in [-0.4, -0.2) is 23.8 Å². The van der Waals surface area contributed by atoms with E-state index in [1.807, 2.05) is 24.5 Å². The van der Waals surface area contributed by atoms with E-state index in [-0.39, 0.29) is 6.04 Å². The first-order valence-corrected chi connectivity index (χ1v) is 6.62. The average Bonchev–Trinajstić information content (AvgIpc) is 2.80. The maximum absolute atomic E-state index is 6.38. The number of nitrogens with zero attached hydrogens (tertiary/aromatic N) is 2. The zero-order valence-corrected chi connectivity index (χ0v) is 12.7. The highest BCUT2D eigenvalue weighted by Gasteiger charge is 2.19. The van der Waals surface area contributed by atoms with E-state index >= 15 is 0 Å². The number of hydrogen-bond acceptors (Lipinski definition) is 4. The van der Waals surface area contributed by atoms with Crippen LogP contribution < -0.4 is 15.2 Å². The maximum Gasteiger partial charge on any atom is 0.180 e. The van der Waals surface area contributed by atoms with Crippen molar-refractivity contribution in [2.24, 2.45) is 0 Å². The molecule has 0 fully saturated rings. The van der Waals surface area contributed by atoms with Crippen LogP contribution in [0.1, 0.15) is 19.9 Å². The van der Waals surface area contributed by atoms with Gasteiger partial charge in [0.05, 0.1) is 25.6 Å². The first kappa shape index (κ1) is 14.5. The van der Waals surface area contributed by atoms with Gasteiger partial charge >= 0.3 is 0 Å². The Hall–Kier alpha value is -1.88. The molecular weight excluding hydrogens is 278 g/mol. The molecule has 6 heteroatoms. The van der Waals surface area contributed by atoms with Crippen LogP contribution in [0.4, 0.5) is 5.82 Å². The van der Waals surface area contributed by atoms with E-state index in [4.69, 9.17) is 26.8 Å². The summed E-state index contributed by atoms with van der Waals surface area (Å²) in [5.41, 5.74) is 7.50. The molecule has 0 bridgehead atoms. The molecule has 108 valence electrons. The Bertz CT molecular complexity index is 623. The Balaban J connectivity index is 2.59. The van der Waals surface area contributed by atoms with Crippen molar-refractivity contribution in [1.29, 1.82) is 0 Å². The van der Waals surface area contributed by atoms with Crippen LogP contribution in [0, 0.1) is 0 Å². The predicted molar refractivity (Wildman–Crippen MR) is 80.6 cm³/mol. The summed E-state index contributed by atoms with van der Waals surface area (Å²) < 4.78 is 12.4. The molecule has 1 heterocycles. The molecule has 0 saturated heterocycles. The number of anilines is 1. The topological polar surface area (TPSA) is 62.3 Å². The van der Waals surface area contributed by atoms with Crippen LogP contribution in [0.5, 0.6) is 11.5 Å². The molecular formula is C14H18ClN3O2. The van der Waals surface area contributed by atoms with E-state index in [0.717, 1.165) is 5.56 Å². The molecule has 0 unspecified atom stereocenters. The van der Waals surface area contributed by atoms with Crippen molar-refractivity contribution in [1.82, 2.24) is 9.55 Å². The van der Waals surface area contributed by atoms with Crippen molar-refractivity contribution in [3.63, 3.8) is 0 Å². The molecule has 20 heavy (non-hydrogen) atoms. The van der Waals surface area contributed by atoms with Gasteiger partial charge in [0.1, 0.15) is 11.5 Å². The van der Waals surface area contributed by atoms with E-state index in [0.29, 0.717) is 28.0 Å². The molecule has 1 aromatic heterocycles.